The molecule has 2 aliphatic carbocycles. The molecule has 2 bridgehead atoms. The van der Waals surface area contributed by atoms with Crippen molar-refractivity contribution in [1.82, 2.24) is 0 Å². The van der Waals surface area contributed by atoms with Gasteiger partial charge in [0.15, 0.2) is 0 Å². The van der Waals surface area contributed by atoms with Crippen molar-refractivity contribution in [2.75, 3.05) is 0 Å². The molecule has 0 nitrogen and oxygen atoms in total. The van der Waals surface area contributed by atoms with E-state index in [-0.39, 0.29) is 0 Å². The van der Waals surface area contributed by atoms with Crippen LogP contribution in [0.25, 0.3) is 0 Å². The largest absolute Gasteiger partial charge is 0.0599 e. The first-order valence-corrected chi connectivity index (χ1v) is 6.18. The van der Waals surface area contributed by atoms with Crippen LogP contribution in [0, 0.1) is 28.1 Å². The summed E-state index contributed by atoms with van der Waals surface area (Å²) in [6.07, 6.45) is 4.45. The van der Waals surface area contributed by atoms with Crippen LogP contribution in [-0.4, -0.2) is 0 Å². The summed E-state index contributed by atoms with van der Waals surface area (Å²) in [7, 11) is 0. The first kappa shape index (κ1) is 10.5. The summed E-state index contributed by atoms with van der Waals surface area (Å²) < 4.78 is 0. The lowest BCUT2D eigenvalue weighted by Crippen LogP contribution is -2.43. The third-order valence-electron chi connectivity index (χ3n) is 5.14. The smallest absolute Gasteiger partial charge is 0.0257 e. The zero-order valence-corrected chi connectivity index (χ0v) is 10.8. The van der Waals surface area contributed by atoms with Crippen LogP contribution in [0.3, 0.4) is 0 Å². The predicted octanol–water partition coefficient (Wildman–Crippen LogP) is 4.49. The Labute approximate surface area is 89.5 Å². The zero-order chi connectivity index (χ0) is 10.8. The van der Waals surface area contributed by atoms with E-state index >= 15 is 0 Å². The van der Waals surface area contributed by atoms with Crippen LogP contribution in [0.1, 0.15) is 60.8 Å². The minimum absolute atomic E-state index is 0.480. The van der Waals surface area contributed by atoms with Crippen LogP contribution in [0.5, 0.6) is 0 Å². The molecule has 0 heterocycles. The van der Waals surface area contributed by atoms with E-state index in [9.17, 15) is 0 Å². The Hall–Kier alpha value is 0. The van der Waals surface area contributed by atoms with Crippen LogP contribution >= 0.6 is 0 Å². The summed E-state index contributed by atoms with van der Waals surface area (Å²) >= 11 is 0. The predicted molar refractivity (Wildman–Crippen MR) is 62.2 cm³/mol. The molecule has 2 aliphatic rings. The number of hydrogen-bond acceptors (Lipinski definition) is 0. The van der Waals surface area contributed by atoms with Crippen LogP contribution in [0.2, 0.25) is 0 Å². The van der Waals surface area contributed by atoms with E-state index in [0.29, 0.717) is 16.2 Å². The molecule has 0 aromatic rings. The van der Waals surface area contributed by atoms with Crippen molar-refractivity contribution in [3.8, 4) is 0 Å². The average Bonchev–Trinajstić information content (AvgIpc) is 2.34. The summed E-state index contributed by atoms with van der Waals surface area (Å²) in [6, 6.07) is 0. The van der Waals surface area contributed by atoms with Gasteiger partial charge in [-0.05, 0) is 47.3 Å². The molecule has 0 aliphatic heterocycles. The van der Waals surface area contributed by atoms with Crippen LogP contribution < -0.4 is 0 Å². The number of fused-ring (bicyclic) bond motifs is 2. The van der Waals surface area contributed by atoms with E-state index in [1.807, 2.05) is 0 Å². The molecule has 82 valence electrons. The highest BCUT2D eigenvalue weighted by Crippen LogP contribution is 2.70. The second-order valence-corrected chi connectivity index (χ2v) is 7.71. The Bertz CT molecular complexity index is 238. The topological polar surface area (TPSA) is 0 Å². The van der Waals surface area contributed by atoms with E-state index in [1.54, 1.807) is 0 Å². The maximum Gasteiger partial charge on any atom is -0.0257 e. The highest BCUT2D eigenvalue weighted by Gasteiger charge is 2.61. The van der Waals surface area contributed by atoms with Gasteiger partial charge in [-0.1, -0.05) is 41.5 Å². The standard InChI is InChI=1S/C14H26/c1-12(2,3)11-13(4,5)10-7-8-14(11,6)9-10/h10-11H,7-9H2,1-6H3. The van der Waals surface area contributed by atoms with Gasteiger partial charge in [0.1, 0.15) is 0 Å². The van der Waals surface area contributed by atoms with Crippen molar-refractivity contribution in [3.63, 3.8) is 0 Å². The Morgan fingerprint density at radius 1 is 1.07 bits per heavy atom. The van der Waals surface area contributed by atoms with Gasteiger partial charge in [0.05, 0.1) is 0 Å². The maximum absolute atomic E-state index is 2.54. The average molecular weight is 194 g/mol. The molecule has 2 rings (SSSR count). The normalized spacial score (nSPS) is 45.9. The van der Waals surface area contributed by atoms with E-state index in [4.69, 9.17) is 0 Å². The van der Waals surface area contributed by atoms with Crippen LogP contribution in [0.15, 0.2) is 0 Å². The SMILES string of the molecule is CC(C)(C)C1C2(C)CCC(C2)C1(C)C. The summed E-state index contributed by atoms with van der Waals surface area (Å²) in [5.41, 5.74) is 1.70. The van der Waals surface area contributed by atoms with Gasteiger partial charge in [0.2, 0.25) is 0 Å². The van der Waals surface area contributed by atoms with E-state index in [1.165, 1.54) is 19.3 Å². The molecular weight excluding hydrogens is 168 g/mol. The van der Waals surface area contributed by atoms with Crippen molar-refractivity contribution in [3.05, 3.63) is 0 Å². The molecule has 0 N–H and O–H groups in total. The lowest BCUT2D eigenvalue weighted by Gasteiger charge is -2.50. The molecule has 0 saturated heterocycles. The van der Waals surface area contributed by atoms with Crippen molar-refractivity contribution in [2.45, 2.75) is 60.8 Å². The van der Waals surface area contributed by atoms with Crippen molar-refractivity contribution >= 4 is 0 Å². The summed E-state index contributed by atoms with van der Waals surface area (Å²) in [5, 5.41) is 0. The van der Waals surface area contributed by atoms with Gasteiger partial charge in [-0.25, -0.2) is 0 Å². The first-order valence-electron chi connectivity index (χ1n) is 6.18. The van der Waals surface area contributed by atoms with Crippen LogP contribution in [0.4, 0.5) is 0 Å². The lowest BCUT2D eigenvalue weighted by atomic mass is 9.55. The zero-order valence-electron chi connectivity index (χ0n) is 10.8. The minimum atomic E-state index is 0.480. The van der Waals surface area contributed by atoms with Gasteiger partial charge in [-0.15, -0.1) is 0 Å². The fourth-order valence-electron chi connectivity index (χ4n) is 5.46. The molecule has 2 saturated carbocycles. The summed E-state index contributed by atoms with van der Waals surface area (Å²) in [5.74, 6) is 1.90. The second kappa shape index (κ2) is 2.57. The quantitative estimate of drug-likeness (QED) is 0.533. The monoisotopic (exact) mass is 194 g/mol. The Morgan fingerprint density at radius 2 is 1.64 bits per heavy atom. The van der Waals surface area contributed by atoms with Gasteiger partial charge in [0.25, 0.3) is 0 Å². The van der Waals surface area contributed by atoms with E-state index in [0.717, 1.165) is 11.8 Å². The molecule has 0 aromatic heterocycles. The molecule has 0 heteroatoms. The Kier molecular flexibility index (Phi) is 1.93. The number of hydrogen-bond donors (Lipinski definition) is 0. The van der Waals surface area contributed by atoms with Gasteiger partial charge in [-0.3, -0.25) is 0 Å². The maximum atomic E-state index is 2.54. The molecule has 0 aromatic carbocycles. The molecular formula is C14H26. The van der Waals surface area contributed by atoms with Gasteiger partial charge in [-0.2, -0.15) is 0 Å². The summed E-state index contributed by atoms with van der Waals surface area (Å²) in [6.45, 7) is 14.9. The van der Waals surface area contributed by atoms with Gasteiger partial charge >= 0.3 is 0 Å². The fourth-order valence-corrected chi connectivity index (χ4v) is 5.46. The molecule has 2 fully saturated rings. The molecule has 0 spiro atoms. The molecule has 3 atom stereocenters. The third kappa shape index (κ3) is 1.19. The van der Waals surface area contributed by atoms with Gasteiger partial charge in [0, 0.05) is 0 Å². The first-order chi connectivity index (χ1) is 6.18. The van der Waals surface area contributed by atoms with Gasteiger partial charge < -0.3 is 0 Å². The highest BCUT2D eigenvalue weighted by molar-refractivity contribution is 5.11. The van der Waals surface area contributed by atoms with Crippen molar-refractivity contribution in [1.29, 1.82) is 0 Å². The van der Waals surface area contributed by atoms with Crippen molar-refractivity contribution in [2.24, 2.45) is 28.1 Å². The molecule has 3 unspecified atom stereocenters. The second-order valence-electron chi connectivity index (χ2n) is 7.71. The van der Waals surface area contributed by atoms with E-state index in [2.05, 4.69) is 41.5 Å². The fraction of sp³-hybridized carbons (Fsp3) is 1.00. The Balaban J connectivity index is 2.40. The van der Waals surface area contributed by atoms with Crippen LogP contribution in [-0.2, 0) is 0 Å². The highest BCUT2D eigenvalue weighted by atomic mass is 14.7. The lowest BCUT2D eigenvalue weighted by molar-refractivity contribution is -0.0115. The Morgan fingerprint density at radius 3 is 1.93 bits per heavy atom. The van der Waals surface area contributed by atoms with Crippen molar-refractivity contribution < 1.29 is 0 Å². The minimum Gasteiger partial charge on any atom is -0.0599 e. The molecule has 0 radical (unpaired) electrons. The molecule has 0 amide bonds. The molecule has 14 heavy (non-hydrogen) atoms. The summed E-state index contributed by atoms with van der Waals surface area (Å²) in [4.78, 5) is 0. The third-order valence-corrected chi connectivity index (χ3v) is 5.14. The van der Waals surface area contributed by atoms with E-state index < -0.39 is 0 Å². The number of rotatable bonds is 0.